The van der Waals surface area contributed by atoms with Crippen molar-refractivity contribution in [3.8, 4) is 5.75 Å². The van der Waals surface area contributed by atoms with E-state index in [4.69, 9.17) is 10.5 Å². The number of carbonyl (C=O) groups excluding carboxylic acids is 2. The van der Waals surface area contributed by atoms with E-state index in [2.05, 4.69) is 0 Å². The van der Waals surface area contributed by atoms with Crippen LogP contribution in [0.15, 0.2) is 18.2 Å². The molecule has 1 aliphatic heterocycles. The van der Waals surface area contributed by atoms with Crippen LogP contribution in [0.4, 0.5) is 5.69 Å². The molecular formula is C14H18N2O3. The molecule has 19 heavy (non-hydrogen) atoms. The highest BCUT2D eigenvalue weighted by atomic mass is 16.5. The highest BCUT2D eigenvalue weighted by molar-refractivity contribution is 6.03. The summed E-state index contributed by atoms with van der Waals surface area (Å²) in [5, 5.41) is 0. The Morgan fingerprint density at radius 3 is 2.79 bits per heavy atom. The van der Waals surface area contributed by atoms with E-state index >= 15 is 0 Å². The van der Waals surface area contributed by atoms with E-state index in [-0.39, 0.29) is 18.2 Å². The van der Waals surface area contributed by atoms with Crippen LogP contribution in [0.2, 0.25) is 0 Å². The lowest BCUT2D eigenvalue weighted by Gasteiger charge is -2.33. The number of ether oxygens (including phenoxy) is 1. The summed E-state index contributed by atoms with van der Waals surface area (Å²) in [5.41, 5.74) is 7.18. The van der Waals surface area contributed by atoms with Crippen LogP contribution in [0.3, 0.4) is 0 Å². The average molecular weight is 262 g/mol. The molecule has 1 amide bonds. The lowest BCUT2D eigenvalue weighted by molar-refractivity contribution is -0.128. The van der Waals surface area contributed by atoms with E-state index in [1.807, 2.05) is 19.1 Å². The van der Waals surface area contributed by atoms with Crippen molar-refractivity contribution in [2.75, 3.05) is 11.4 Å². The summed E-state index contributed by atoms with van der Waals surface area (Å²) < 4.78 is 5.69. The Balaban J connectivity index is 2.43. The molecule has 1 atom stereocenters. The van der Waals surface area contributed by atoms with E-state index in [1.54, 1.807) is 6.07 Å². The minimum atomic E-state index is -0.528. The van der Waals surface area contributed by atoms with Gasteiger partial charge in [-0.05, 0) is 31.0 Å². The van der Waals surface area contributed by atoms with Gasteiger partial charge >= 0.3 is 0 Å². The fraction of sp³-hybridized carbons (Fsp3) is 0.429. The summed E-state index contributed by atoms with van der Waals surface area (Å²) in [5.74, 6) is 0.403. The van der Waals surface area contributed by atoms with Gasteiger partial charge in [-0.3, -0.25) is 14.5 Å². The monoisotopic (exact) mass is 262 g/mol. The first-order chi connectivity index (χ1) is 9.06. The molecule has 1 aromatic carbocycles. The number of Topliss-reactive ketones (excluding diaryl/α,β-unsaturated/α-hetero) is 1. The largest absolute Gasteiger partial charge is 0.478 e. The first-order valence-corrected chi connectivity index (χ1v) is 6.37. The molecule has 1 aromatic rings. The zero-order valence-corrected chi connectivity index (χ0v) is 11.2. The van der Waals surface area contributed by atoms with Crippen molar-refractivity contribution in [2.24, 2.45) is 5.73 Å². The standard InChI is InChI=1S/C14H18N2O3/c1-3-12-14(18)16(8-9(2)17)11-5-4-10(7-15)6-13(11)19-12/h4-6,12H,3,7-8,15H2,1-2H3. The number of nitrogens with zero attached hydrogens (tertiary/aromatic N) is 1. The van der Waals surface area contributed by atoms with Gasteiger partial charge in [0.2, 0.25) is 0 Å². The van der Waals surface area contributed by atoms with Gasteiger partial charge in [0.1, 0.15) is 11.5 Å². The maximum Gasteiger partial charge on any atom is 0.268 e. The summed E-state index contributed by atoms with van der Waals surface area (Å²) in [6, 6.07) is 5.46. The maximum atomic E-state index is 12.2. The van der Waals surface area contributed by atoms with Crippen LogP contribution in [0.1, 0.15) is 25.8 Å². The number of anilines is 1. The van der Waals surface area contributed by atoms with E-state index < -0.39 is 6.10 Å². The number of hydrogen-bond acceptors (Lipinski definition) is 4. The van der Waals surface area contributed by atoms with Gasteiger partial charge in [-0.1, -0.05) is 13.0 Å². The van der Waals surface area contributed by atoms with Gasteiger partial charge in [0.05, 0.1) is 12.2 Å². The molecule has 1 aliphatic rings. The second-order valence-corrected chi connectivity index (χ2v) is 4.65. The highest BCUT2D eigenvalue weighted by Crippen LogP contribution is 2.35. The number of hydrogen-bond donors (Lipinski definition) is 1. The Bertz CT molecular complexity index is 513. The van der Waals surface area contributed by atoms with E-state index in [9.17, 15) is 9.59 Å². The molecule has 0 aromatic heterocycles. The molecule has 0 radical (unpaired) electrons. The van der Waals surface area contributed by atoms with Gasteiger partial charge < -0.3 is 10.5 Å². The lowest BCUT2D eigenvalue weighted by atomic mass is 10.1. The molecule has 0 aliphatic carbocycles. The van der Waals surface area contributed by atoms with Gasteiger partial charge in [0, 0.05) is 6.54 Å². The third-order valence-corrected chi connectivity index (χ3v) is 3.11. The molecular weight excluding hydrogens is 244 g/mol. The SMILES string of the molecule is CCC1Oc2cc(CN)ccc2N(CC(C)=O)C1=O. The summed E-state index contributed by atoms with van der Waals surface area (Å²) >= 11 is 0. The van der Waals surface area contributed by atoms with Crippen LogP contribution < -0.4 is 15.4 Å². The van der Waals surface area contributed by atoms with Crippen molar-refractivity contribution in [1.82, 2.24) is 0 Å². The minimum Gasteiger partial charge on any atom is -0.478 e. The number of ketones is 1. The van der Waals surface area contributed by atoms with Crippen LogP contribution in [0.25, 0.3) is 0 Å². The molecule has 2 rings (SSSR count). The first-order valence-electron chi connectivity index (χ1n) is 6.37. The van der Waals surface area contributed by atoms with Crippen molar-refractivity contribution >= 4 is 17.4 Å². The van der Waals surface area contributed by atoms with Crippen molar-refractivity contribution in [3.63, 3.8) is 0 Å². The molecule has 1 unspecified atom stereocenters. The molecule has 0 fully saturated rings. The fourth-order valence-electron chi connectivity index (χ4n) is 2.14. The van der Waals surface area contributed by atoms with Crippen LogP contribution in [0, 0.1) is 0 Å². The Labute approximate surface area is 112 Å². The molecule has 0 saturated carbocycles. The summed E-state index contributed by atoms with van der Waals surface area (Å²) in [4.78, 5) is 25.1. The zero-order chi connectivity index (χ0) is 14.0. The van der Waals surface area contributed by atoms with Crippen LogP contribution in [-0.2, 0) is 16.1 Å². The van der Waals surface area contributed by atoms with Crippen LogP contribution >= 0.6 is 0 Å². The van der Waals surface area contributed by atoms with Crippen LogP contribution in [-0.4, -0.2) is 24.3 Å². The summed E-state index contributed by atoms with van der Waals surface area (Å²) in [6.07, 6.45) is 0.0411. The molecule has 0 bridgehead atoms. The lowest BCUT2D eigenvalue weighted by Crippen LogP contribution is -2.47. The van der Waals surface area contributed by atoms with Gasteiger partial charge in [0.15, 0.2) is 6.10 Å². The predicted molar refractivity (Wildman–Crippen MR) is 72.1 cm³/mol. The number of amides is 1. The average Bonchev–Trinajstić information content (AvgIpc) is 2.40. The zero-order valence-electron chi connectivity index (χ0n) is 11.2. The van der Waals surface area contributed by atoms with E-state index in [1.165, 1.54) is 11.8 Å². The number of rotatable bonds is 4. The predicted octanol–water partition coefficient (Wildman–Crippen LogP) is 1.24. The topological polar surface area (TPSA) is 72.6 Å². The quantitative estimate of drug-likeness (QED) is 0.886. The molecule has 5 nitrogen and oxygen atoms in total. The van der Waals surface area contributed by atoms with Crippen molar-refractivity contribution in [1.29, 1.82) is 0 Å². The first kappa shape index (κ1) is 13.5. The molecule has 0 spiro atoms. The molecule has 2 N–H and O–H groups in total. The Hall–Kier alpha value is -1.88. The van der Waals surface area contributed by atoms with Crippen molar-refractivity contribution in [2.45, 2.75) is 32.9 Å². The third kappa shape index (κ3) is 2.61. The smallest absolute Gasteiger partial charge is 0.268 e. The molecule has 102 valence electrons. The highest BCUT2D eigenvalue weighted by Gasteiger charge is 2.33. The number of carbonyl (C=O) groups is 2. The number of benzene rings is 1. The number of nitrogens with two attached hydrogens (primary N) is 1. The summed E-state index contributed by atoms with van der Waals surface area (Å²) in [7, 11) is 0. The van der Waals surface area contributed by atoms with Gasteiger partial charge in [-0.25, -0.2) is 0 Å². The molecule has 5 heteroatoms. The maximum absolute atomic E-state index is 12.2. The van der Waals surface area contributed by atoms with Gasteiger partial charge in [0.25, 0.3) is 5.91 Å². The third-order valence-electron chi connectivity index (χ3n) is 3.11. The molecule has 0 saturated heterocycles. The van der Waals surface area contributed by atoms with E-state index in [0.717, 1.165) is 5.56 Å². The molecule has 1 heterocycles. The van der Waals surface area contributed by atoms with Crippen molar-refractivity contribution in [3.05, 3.63) is 23.8 Å². The van der Waals surface area contributed by atoms with E-state index in [0.29, 0.717) is 24.4 Å². The van der Waals surface area contributed by atoms with Gasteiger partial charge in [-0.15, -0.1) is 0 Å². The Morgan fingerprint density at radius 2 is 2.21 bits per heavy atom. The Morgan fingerprint density at radius 1 is 1.47 bits per heavy atom. The van der Waals surface area contributed by atoms with Crippen LogP contribution in [0.5, 0.6) is 5.75 Å². The second kappa shape index (κ2) is 5.40. The fourth-order valence-corrected chi connectivity index (χ4v) is 2.14. The normalized spacial score (nSPS) is 17.9. The van der Waals surface area contributed by atoms with Crippen molar-refractivity contribution < 1.29 is 14.3 Å². The Kier molecular flexibility index (Phi) is 3.85. The second-order valence-electron chi connectivity index (χ2n) is 4.65. The number of fused-ring (bicyclic) bond motifs is 1. The minimum absolute atomic E-state index is 0.0565. The summed E-state index contributed by atoms with van der Waals surface area (Å²) in [6.45, 7) is 3.84. The van der Waals surface area contributed by atoms with Gasteiger partial charge in [-0.2, -0.15) is 0 Å².